The Bertz CT molecular complexity index is 450. The van der Waals surface area contributed by atoms with Crippen molar-refractivity contribution in [3.05, 3.63) is 34.2 Å². The molecule has 1 aromatic rings. The largest absolute Gasteiger partial charge is 0.351 e. The van der Waals surface area contributed by atoms with Crippen LogP contribution in [0.25, 0.3) is 0 Å². The zero-order valence-corrected chi connectivity index (χ0v) is 8.19. The lowest BCUT2D eigenvalue weighted by molar-refractivity contribution is -0.120. The Kier molecular flexibility index (Phi) is 3.22. The van der Waals surface area contributed by atoms with Crippen molar-refractivity contribution in [1.29, 1.82) is 0 Å². The molecule has 1 heterocycles. The molecule has 0 radical (unpaired) electrons. The van der Waals surface area contributed by atoms with Crippen molar-refractivity contribution in [3.63, 3.8) is 0 Å². The van der Waals surface area contributed by atoms with E-state index < -0.39 is 11.9 Å². The zero-order valence-electron chi connectivity index (χ0n) is 8.19. The molecule has 1 aromatic heterocycles. The highest BCUT2D eigenvalue weighted by molar-refractivity contribution is 5.93. The van der Waals surface area contributed by atoms with E-state index in [2.05, 4.69) is 0 Å². The zero-order chi connectivity index (χ0) is 11.4. The third-order valence-electron chi connectivity index (χ3n) is 1.79. The lowest BCUT2D eigenvalue weighted by Crippen LogP contribution is -2.39. The van der Waals surface area contributed by atoms with E-state index in [1.54, 1.807) is 19.1 Å². The van der Waals surface area contributed by atoms with Crippen LogP contribution in [-0.4, -0.2) is 16.5 Å². The van der Waals surface area contributed by atoms with Gasteiger partial charge in [-0.05, 0) is 13.0 Å². The van der Waals surface area contributed by atoms with Crippen molar-refractivity contribution in [3.8, 4) is 0 Å². The standard InChI is InChI=1S/C9H11N3O3/c1-6-3-2-4-12(8(6)14)5-7(13)11-9(10)15/h2-4H,5H2,1H3,(H3,10,11,13,15). The maximum absolute atomic E-state index is 11.5. The Morgan fingerprint density at radius 3 is 2.80 bits per heavy atom. The molecule has 0 aromatic carbocycles. The van der Waals surface area contributed by atoms with Gasteiger partial charge >= 0.3 is 6.03 Å². The second-order valence-corrected chi connectivity index (χ2v) is 3.04. The number of primary amides is 1. The first-order chi connectivity index (χ1) is 7.00. The second-order valence-electron chi connectivity index (χ2n) is 3.04. The van der Waals surface area contributed by atoms with E-state index in [1.165, 1.54) is 10.8 Å². The fraction of sp³-hybridized carbons (Fsp3) is 0.222. The summed E-state index contributed by atoms with van der Waals surface area (Å²) in [6, 6.07) is 2.36. The van der Waals surface area contributed by atoms with Gasteiger partial charge in [-0.1, -0.05) is 6.07 Å². The Labute approximate surface area is 85.7 Å². The summed E-state index contributed by atoms with van der Waals surface area (Å²) in [6.07, 6.45) is 1.47. The number of imide groups is 1. The molecule has 0 aliphatic heterocycles. The van der Waals surface area contributed by atoms with Crippen LogP contribution in [0.1, 0.15) is 5.56 Å². The molecule has 0 fully saturated rings. The number of hydrogen-bond acceptors (Lipinski definition) is 3. The van der Waals surface area contributed by atoms with Crippen LogP contribution in [0.15, 0.2) is 23.1 Å². The molecule has 1 rings (SSSR count). The maximum atomic E-state index is 11.5. The highest BCUT2D eigenvalue weighted by atomic mass is 16.2. The van der Waals surface area contributed by atoms with E-state index in [0.29, 0.717) is 5.56 Å². The third-order valence-corrected chi connectivity index (χ3v) is 1.79. The van der Waals surface area contributed by atoms with E-state index in [4.69, 9.17) is 5.73 Å². The fourth-order valence-corrected chi connectivity index (χ4v) is 1.11. The Hall–Kier alpha value is -2.11. The molecule has 0 saturated heterocycles. The number of amides is 3. The van der Waals surface area contributed by atoms with Gasteiger partial charge in [-0.3, -0.25) is 14.9 Å². The molecule has 0 unspecified atom stereocenters. The first kappa shape index (κ1) is 11.0. The highest BCUT2D eigenvalue weighted by Gasteiger charge is 2.06. The van der Waals surface area contributed by atoms with Crippen molar-refractivity contribution >= 4 is 11.9 Å². The van der Waals surface area contributed by atoms with Crippen molar-refractivity contribution in [2.75, 3.05) is 0 Å². The summed E-state index contributed by atoms with van der Waals surface area (Å²) in [6.45, 7) is 1.42. The third kappa shape index (κ3) is 2.94. The summed E-state index contributed by atoms with van der Waals surface area (Å²) in [5.74, 6) is -0.616. The maximum Gasteiger partial charge on any atom is 0.318 e. The molecule has 0 aliphatic rings. The van der Waals surface area contributed by atoms with Gasteiger partial charge in [0.2, 0.25) is 5.91 Å². The van der Waals surface area contributed by atoms with E-state index in [1.807, 2.05) is 5.32 Å². The molecular formula is C9H11N3O3. The van der Waals surface area contributed by atoms with Crippen LogP contribution in [0.2, 0.25) is 0 Å². The van der Waals surface area contributed by atoms with Crippen LogP contribution in [0, 0.1) is 6.92 Å². The summed E-state index contributed by atoms with van der Waals surface area (Å²) >= 11 is 0. The quantitative estimate of drug-likeness (QED) is 0.677. The lowest BCUT2D eigenvalue weighted by atomic mass is 10.3. The molecule has 0 aliphatic carbocycles. The van der Waals surface area contributed by atoms with E-state index in [9.17, 15) is 14.4 Å². The molecule has 80 valence electrons. The van der Waals surface area contributed by atoms with Crippen LogP contribution >= 0.6 is 0 Å². The van der Waals surface area contributed by atoms with E-state index >= 15 is 0 Å². The first-order valence-electron chi connectivity index (χ1n) is 4.26. The monoisotopic (exact) mass is 209 g/mol. The summed E-state index contributed by atoms with van der Waals surface area (Å²) in [5.41, 5.74) is 5.02. The topological polar surface area (TPSA) is 94.2 Å². The number of rotatable bonds is 2. The molecule has 15 heavy (non-hydrogen) atoms. The lowest BCUT2D eigenvalue weighted by Gasteiger charge is -2.05. The number of aryl methyl sites for hydroxylation is 1. The minimum Gasteiger partial charge on any atom is -0.351 e. The number of urea groups is 1. The van der Waals surface area contributed by atoms with Gasteiger partial charge in [-0.25, -0.2) is 4.79 Å². The number of nitrogens with zero attached hydrogens (tertiary/aromatic N) is 1. The molecule has 3 amide bonds. The normalized spacial score (nSPS) is 9.67. The SMILES string of the molecule is Cc1cccn(CC(=O)NC(N)=O)c1=O. The number of nitrogens with one attached hydrogen (secondary N) is 1. The number of aromatic nitrogens is 1. The summed E-state index contributed by atoms with van der Waals surface area (Å²) in [4.78, 5) is 32.9. The van der Waals surface area contributed by atoms with Gasteiger partial charge in [0.25, 0.3) is 5.56 Å². The number of hydrogen-bond donors (Lipinski definition) is 2. The van der Waals surface area contributed by atoms with Crippen molar-refractivity contribution in [2.24, 2.45) is 5.73 Å². The Morgan fingerprint density at radius 2 is 2.20 bits per heavy atom. The molecule has 0 saturated carbocycles. The van der Waals surface area contributed by atoms with Crippen LogP contribution in [0.4, 0.5) is 4.79 Å². The number of carbonyl (C=O) groups is 2. The van der Waals surface area contributed by atoms with E-state index in [-0.39, 0.29) is 12.1 Å². The molecule has 0 spiro atoms. The van der Waals surface area contributed by atoms with Gasteiger partial charge in [0, 0.05) is 11.8 Å². The summed E-state index contributed by atoms with van der Waals surface area (Å²) in [5, 5.41) is 1.88. The van der Waals surface area contributed by atoms with Crippen LogP contribution in [0.5, 0.6) is 0 Å². The smallest absolute Gasteiger partial charge is 0.318 e. The highest BCUT2D eigenvalue weighted by Crippen LogP contribution is 1.88. The summed E-state index contributed by atoms with van der Waals surface area (Å²) < 4.78 is 1.20. The average Bonchev–Trinajstić information content (AvgIpc) is 2.11. The Morgan fingerprint density at radius 1 is 1.53 bits per heavy atom. The minimum absolute atomic E-state index is 0.219. The van der Waals surface area contributed by atoms with Gasteiger partial charge in [0.05, 0.1) is 0 Å². The predicted molar refractivity (Wildman–Crippen MR) is 53.2 cm³/mol. The second kappa shape index (κ2) is 4.41. The first-order valence-corrected chi connectivity index (χ1v) is 4.26. The minimum atomic E-state index is -0.930. The number of nitrogens with two attached hydrogens (primary N) is 1. The van der Waals surface area contributed by atoms with Crippen molar-refractivity contribution < 1.29 is 9.59 Å². The van der Waals surface area contributed by atoms with Gasteiger partial charge in [-0.2, -0.15) is 0 Å². The van der Waals surface area contributed by atoms with Crippen LogP contribution in [0.3, 0.4) is 0 Å². The summed E-state index contributed by atoms with van der Waals surface area (Å²) in [7, 11) is 0. The molecule has 3 N–H and O–H groups in total. The molecule has 6 nitrogen and oxygen atoms in total. The van der Waals surface area contributed by atoms with Crippen LogP contribution < -0.4 is 16.6 Å². The number of pyridine rings is 1. The molecule has 0 atom stereocenters. The van der Waals surface area contributed by atoms with Crippen LogP contribution in [-0.2, 0) is 11.3 Å². The van der Waals surface area contributed by atoms with Gasteiger partial charge in [0.1, 0.15) is 6.54 Å². The number of carbonyl (C=O) groups excluding carboxylic acids is 2. The molecule has 6 heteroatoms. The average molecular weight is 209 g/mol. The molecular weight excluding hydrogens is 198 g/mol. The van der Waals surface area contributed by atoms with Crippen molar-refractivity contribution in [2.45, 2.75) is 13.5 Å². The van der Waals surface area contributed by atoms with Gasteiger partial charge in [0.15, 0.2) is 0 Å². The van der Waals surface area contributed by atoms with Gasteiger partial charge in [-0.15, -0.1) is 0 Å². The van der Waals surface area contributed by atoms with Crippen molar-refractivity contribution in [1.82, 2.24) is 9.88 Å². The van der Waals surface area contributed by atoms with Gasteiger partial charge < -0.3 is 10.3 Å². The fourth-order valence-electron chi connectivity index (χ4n) is 1.11. The Balaban J connectivity index is 2.82. The predicted octanol–water partition coefficient (Wildman–Crippen LogP) is -0.648. The molecule has 0 bridgehead atoms. The van der Waals surface area contributed by atoms with E-state index in [0.717, 1.165) is 0 Å².